The van der Waals surface area contributed by atoms with Gasteiger partial charge in [0.05, 0.1) is 0 Å². The van der Waals surface area contributed by atoms with Crippen LogP contribution in [0.4, 0.5) is 0 Å². The highest BCUT2D eigenvalue weighted by Crippen LogP contribution is 2.32. The predicted molar refractivity (Wildman–Crippen MR) is 67.8 cm³/mol. The highest BCUT2D eigenvalue weighted by atomic mass is 35.5. The van der Waals surface area contributed by atoms with Crippen LogP contribution in [0.1, 0.15) is 52.4 Å². The Morgan fingerprint density at radius 2 is 2.00 bits per heavy atom. The molecule has 0 aliphatic rings. The first-order chi connectivity index (χ1) is 7.58. The molecule has 0 atom stereocenters. The zero-order valence-electron chi connectivity index (χ0n) is 10.7. The van der Waals surface area contributed by atoms with Gasteiger partial charge in [0.1, 0.15) is 12.2 Å². The molecular formula is C12H22ClN3. The van der Waals surface area contributed by atoms with Crippen molar-refractivity contribution in [3.63, 3.8) is 0 Å². The quantitative estimate of drug-likeness (QED) is 0.717. The molecule has 1 heterocycles. The molecule has 0 aliphatic carbocycles. The number of halogens is 1. The standard InChI is InChI=1S/C12H22ClN3/c1-5-12(6-2,8-13)7-11-14-9-15-16(11)10(3)4/h9-10H,5-8H2,1-4H3. The number of alkyl halides is 1. The number of hydrogen-bond donors (Lipinski definition) is 0. The molecular weight excluding hydrogens is 222 g/mol. The zero-order chi connectivity index (χ0) is 12.2. The summed E-state index contributed by atoms with van der Waals surface area (Å²) in [6, 6.07) is 0.360. The molecule has 0 saturated heterocycles. The van der Waals surface area contributed by atoms with E-state index in [2.05, 4.69) is 37.8 Å². The van der Waals surface area contributed by atoms with E-state index >= 15 is 0 Å². The fourth-order valence-electron chi connectivity index (χ4n) is 1.90. The van der Waals surface area contributed by atoms with Crippen LogP contribution in [0.15, 0.2) is 6.33 Å². The monoisotopic (exact) mass is 243 g/mol. The Morgan fingerprint density at radius 3 is 2.44 bits per heavy atom. The summed E-state index contributed by atoms with van der Waals surface area (Å²) in [6.45, 7) is 8.64. The van der Waals surface area contributed by atoms with E-state index in [0.717, 1.165) is 25.1 Å². The summed E-state index contributed by atoms with van der Waals surface area (Å²) < 4.78 is 1.99. The van der Waals surface area contributed by atoms with Crippen molar-refractivity contribution in [3.8, 4) is 0 Å². The van der Waals surface area contributed by atoms with E-state index in [1.54, 1.807) is 6.33 Å². The van der Waals surface area contributed by atoms with Crippen molar-refractivity contribution >= 4 is 11.6 Å². The summed E-state index contributed by atoms with van der Waals surface area (Å²) in [4.78, 5) is 4.36. The molecule has 1 aromatic rings. The lowest BCUT2D eigenvalue weighted by Crippen LogP contribution is -2.26. The van der Waals surface area contributed by atoms with Crippen LogP contribution in [0.3, 0.4) is 0 Å². The Bertz CT molecular complexity index is 308. The highest BCUT2D eigenvalue weighted by molar-refractivity contribution is 6.18. The maximum atomic E-state index is 6.12. The fourth-order valence-corrected chi connectivity index (χ4v) is 2.38. The van der Waals surface area contributed by atoms with E-state index in [1.165, 1.54) is 0 Å². The van der Waals surface area contributed by atoms with Crippen LogP contribution in [0.2, 0.25) is 0 Å². The molecule has 0 aliphatic heterocycles. The number of rotatable bonds is 6. The van der Waals surface area contributed by atoms with Gasteiger partial charge in [-0.2, -0.15) is 5.10 Å². The molecule has 4 heteroatoms. The lowest BCUT2D eigenvalue weighted by atomic mass is 9.81. The normalized spacial score (nSPS) is 12.4. The molecule has 0 radical (unpaired) electrons. The third-order valence-electron chi connectivity index (χ3n) is 3.45. The molecule has 0 amide bonds. The molecule has 1 aromatic heterocycles. The summed E-state index contributed by atoms with van der Waals surface area (Å²) in [5, 5.41) is 4.27. The molecule has 0 N–H and O–H groups in total. The predicted octanol–water partition coefficient (Wildman–Crippen LogP) is 3.45. The lowest BCUT2D eigenvalue weighted by molar-refractivity contribution is 0.286. The van der Waals surface area contributed by atoms with Gasteiger partial charge in [-0.05, 0) is 32.1 Å². The Balaban J connectivity index is 2.89. The third kappa shape index (κ3) is 2.76. The molecule has 0 bridgehead atoms. The molecule has 3 nitrogen and oxygen atoms in total. The average Bonchev–Trinajstić information content (AvgIpc) is 2.74. The minimum atomic E-state index is 0.168. The van der Waals surface area contributed by atoms with E-state index < -0.39 is 0 Å². The molecule has 0 fully saturated rings. The molecule has 16 heavy (non-hydrogen) atoms. The third-order valence-corrected chi connectivity index (χ3v) is 4.02. The van der Waals surface area contributed by atoms with Crippen LogP contribution >= 0.6 is 11.6 Å². The van der Waals surface area contributed by atoms with Gasteiger partial charge in [-0.1, -0.05) is 13.8 Å². The van der Waals surface area contributed by atoms with Crippen molar-refractivity contribution in [2.45, 2.75) is 53.0 Å². The maximum Gasteiger partial charge on any atom is 0.138 e. The fraction of sp³-hybridized carbons (Fsp3) is 0.833. The SMILES string of the molecule is CCC(CC)(CCl)Cc1ncnn1C(C)C. The van der Waals surface area contributed by atoms with Gasteiger partial charge in [-0.3, -0.25) is 0 Å². The topological polar surface area (TPSA) is 30.7 Å². The summed E-state index contributed by atoms with van der Waals surface area (Å²) in [7, 11) is 0. The molecule has 0 unspecified atom stereocenters. The van der Waals surface area contributed by atoms with Crippen molar-refractivity contribution in [2.75, 3.05) is 5.88 Å². The van der Waals surface area contributed by atoms with Crippen LogP contribution in [0.25, 0.3) is 0 Å². The first-order valence-electron chi connectivity index (χ1n) is 6.03. The van der Waals surface area contributed by atoms with Crippen LogP contribution in [0.5, 0.6) is 0 Å². The van der Waals surface area contributed by atoms with Crippen molar-refractivity contribution in [1.29, 1.82) is 0 Å². The Kier molecular flexibility index (Phi) is 4.78. The van der Waals surface area contributed by atoms with Gasteiger partial charge in [0.15, 0.2) is 0 Å². The first kappa shape index (κ1) is 13.5. The minimum Gasteiger partial charge on any atom is -0.248 e. The smallest absolute Gasteiger partial charge is 0.138 e. The van der Waals surface area contributed by atoms with Crippen molar-refractivity contribution < 1.29 is 0 Å². The summed E-state index contributed by atoms with van der Waals surface area (Å²) in [5.41, 5.74) is 0.168. The van der Waals surface area contributed by atoms with Crippen molar-refractivity contribution in [2.24, 2.45) is 5.41 Å². The van der Waals surface area contributed by atoms with Gasteiger partial charge in [-0.15, -0.1) is 11.6 Å². The van der Waals surface area contributed by atoms with Crippen LogP contribution in [-0.4, -0.2) is 20.6 Å². The number of nitrogens with zero attached hydrogens (tertiary/aromatic N) is 3. The van der Waals surface area contributed by atoms with E-state index in [1.807, 2.05) is 4.68 Å². The first-order valence-corrected chi connectivity index (χ1v) is 6.56. The van der Waals surface area contributed by atoms with Gasteiger partial charge in [0.25, 0.3) is 0 Å². The summed E-state index contributed by atoms with van der Waals surface area (Å²) in [6.07, 6.45) is 4.72. The van der Waals surface area contributed by atoms with Gasteiger partial charge in [0.2, 0.25) is 0 Å². The van der Waals surface area contributed by atoms with E-state index in [0.29, 0.717) is 11.9 Å². The summed E-state index contributed by atoms with van der Waals surface area (Å²) >= 11 is 6.12. The van der Waals surface area contributed by atoms with Crippen LogP contribution in [0, 0.1) is 5.41 Å². The maximum absolute atomic E-state index is 6.12. The molecule has 92 valence electrons. The van der Waals surface area contributed by atoms with E-state index in [4.69, 9.17) is 11.6 Å². The second-order valence-corrected chi connectivity index (χ2v) is 5.00. The van der Waals surface area contributed by atoms with Crippen molar-refractivity contribution in [1.82, 2.24) is 14.8 Å². The molecule has 0 spiro atoms. The van der Waals surface area contributed by atoms with Gasteiger partial charge < -0.3 is 0 Å². The Morgan fingerprint density at radius 1 is 1.38 bits per heavy atom. The molecule has 0 saturated carbocycles. The van der Waals surface area contributed by atoms with Crippen LogP contribution < -0.4 is 0 Å². The molecule has 1 rings (SSSR count). The van der Waals surface area contributed by atoms with Crippen molar-refractivity contribution in [3.05, 3.63) is 12.2 Å². The Hall–Kier alpha value is -0.570. The lowest BCUT2D eigenvalue weighted by Gasteiger charge is -2.29. The number of hydrogen-bond acceptors (Lipinski definition) is 2. The van der Waals surface area contributed by atoms with Crippen LogP contribution in [-0.2, 0) is 6.42 Å². The highest BCUT2D eigenvalue weighted by Gasteiger charge is 2.28. The van der Waals surface area contributed by atoms with Gasteiger partial charge >= 0.3 is 0 Å². The number of aromatic nitrogens is 3. The second kappa shape index (κ2) is 5.67. The molecule has 0 aromatic carbocycles. The Labute approximate surface area is 103 Å². The minimum absolute atomic E-state index is 0.168. The zero-order valence-corrected chi connectivity index (χ0v) is 11.5. The van der Waals surface area contributed by atoms with E-state index in [9.17, 15) is 0 Å². The second-order valence-electron chi connectivity index (χ2n) is 4.73. The van der Waals surface area contributed by atoms with Gasteiger partial charge in [0, 0.05) is 18.3 Å². The summed E-state index contributed by atoms with van der Waals surface area (Å²) in [5.74, 6) is 1.74. The average molecular weight is 244 g/mol. The largest absolute Gasteiger partial charge is 0.248 e. The van der Waals surface area contributed by atoms with Gasteiger partial charge in [-0.25, -0.2) is 9.67 Å². The van der Waals surface area contributed by atoms with E-state index in [-0.39, 0.29) is 5.41 Å².